The van der Waals surface area contributed by atoms with Crippen molar-refractivity contribution in [2.45, 2.75) is 6.92 Å². The Labute approximate surface area is 129 Å². The summed E-state index contributed by atoms with van der Waals surface area (Å²) in [5, 5.41) is 12.3. The van der Waals surface area contributed by atoms with Crippen LogP contribution in [0.4, 0.5) is 0 Å². The third kappa shape index (κ3) is 3.23. The monoisotopic (exact) mass is 354 g/mol. The molecule has 0 saturated heterocycles. The number of rotatable bonds is 3. The van der Waals surface area contributed by atoms with Gasteiger partial charge in [-0.3, -0.25) is 0 Å². The van der Waals surface area contributed by atoms with Crippen LogP contribution in [0.3, 0.4) is 0 Å². The lowest BCUT2D eigenvalue weighted by Crippen LogP contribution is -2.12. The quantitative estimate of drug-likeness (QED) is 0.373. The molecule has 0 aromatic heterocycles. The lowest BCUT2D eigenvalue weighted by atomic mass is 10.2. The Morgan fingerprint density at radius 3 is 2.55 bits per heavy atom. The lowest BCUT2D eigenvalue weighted by molar-refractivity contribution is 0.318. The fourth-order valence-corrected chi connectivity index (χ4v) is 2.33. The molecule has 0 saturated carbocycles. The van der Waals surface area contributed by atoms with Crippen LogP contribution in [0, 0.1) is 6.92 Å². The zero-order valence-corrected chi connectivity index (χ0v) is 12.9. The summed E-state index contributed by atoms with van der Waals surface area (Å²) in [6.07, 6.45) is 0. The molecule has 20 heavy (non-hydrogen) atoms. The number of nitrogens with zero attached hydrogens (tertiary/aromatic N) is 1. The first-order chi connectivity index (χ1) is 9.51. The van der Waals surface area contributed by atoms with Gasteiger partial charge in [-0.15, -0.1) is 0 Å². The minimum Gasteiger partial charge on any atom is -0.456 e. The highest BCUT2D eigenvalue weighted by atomic mass is 79.9. The van der Waals surface area contributed by atoms with Crippen molar-refractivity contribution in [3.63, 3.8) is 0 Å². The zero-order valence-electron chi connectivity index (χ0n) is 10.6. The number of aryl methyl sites for hydroxylation is 1. The van der Waals surface area contributed by atoms with Crippen LogP contribution in [0.25, 0.3) is 0 Å². The summed E-state index contributed by atoms with van der Waals surface area (Å²) in [4.78, 5) is 0. The summed E-state index contributed by atoms with van der Waals surface area (Å²) in [6, 6.07) is 10.6. The fraction of sp³-hybridized carbons (Fsp3) is 0.0714. The van der Waals surface area contributed by atoms with Crippen LogP contribution >= 0.6 is 27.5 Å². The summed E-state index contributed by atoms with van der Waals surface area (Å²) < 4.78 is 6.52. The Hall–Kier alpha value is -1.72. The first-order valence-corrected chi connectivity index (χ1v) is 6.90. The second kappa shape index (κ2) is 6.15. The Bertz CT molecular complexity index is 674. The van der Waals surface area contributed by atoms with Gasteiger partial charge in [-0.25, -0.2) is 0 Å². The smallest absolute Gasteiger partial charge is 0.170 e. The van der Waals surface area contributed by atoms with Crippen LogP contribution in [0.5, 0.6) is 11.5 Å². The first kappa shape index (κ1) is 14.7. The molecule has 0 aliphatic heterocycles. The van der Waals surface area contributed by atoms with Crippen molar-refractivity contribution in [1.29, 1.82) is 0 Å². The van der Waals surface area contributed by atoms with Gasteiger partial charge in [-0.1, -0.05) is 16.8 Å². The van der Waals surface area contributed by atoms with Crippen molar-refractivity contribution >= 4 is 33.4 Å². The van der Waals surface area contributed by atoms with E-state index in [4.69, 9.17) is 27.3 Å². The molecule has 4 nitrogen and oxygen atoms in total. The summed E-state index contributed by atoms with van der Waals surface area (Å²) in [5.74, 6) is 1.39. The van der Waals surface area contributed by atoms with Crippen molar-refractivity contribution in [3.05, 3.63) is 57.0 Å². The van der Waals surface area contributed by atoms with E-state index in [1.807, 2.05) is 19.1 Å². The highest BCUT2D eigenvalue weighted by molar-refractivity contribution is 9.10. The van der Waals surface area contributed by atoms with Gasteiger partial charge >= 0.3 is 0 Å². The third-order valence-electron chi connectivity index (χ3n) is 2.69. The number of oxime groups is 1. The topological polar surface area (TPSA) is 67.8 Å². The number of nitrogens with two attached hydrogens (primary N) is 1. The molecular weight excluding hydrogens is 344 g/mol. The molecule has 104 valence electrons. The van der Waals surface area contributed by atoms with Crippen LogP contribution in [0.2, 0.25) is 5.02 Å². The molecule has 0 aliphatic carbocycles. The Morgan fingerprint density at radius 2 is 1.95 bits per heavy atom. The molecule has 2 aromatic carbocycles. The molecule has 0 bridgehead atoms. The van der Waals surface area contributed by atoms with Crippen molar-refractivity contribution in [3.8, 4) is 11.5 Å². The number of benzene rings is 2. The van der Waals surface area contributed by atoms with Gasteiger partial charge in [0.25, 0.3) is 0 Å². The first-order valence-electron chi connectivity index (χ1n) is 5.72. The SMILES string of the molecule is Cc1cc(Cl)ccc1Oc1ccc(/C(N)=N/O)cc1Br. The molecule has 0 spiro atoms. The van der Waals surface area contributed by atoms with Crippen molar-refractivity contribution in [2.75, 3.05) is 0 Å². The number of amidine groups is 1. The van der Waals surface area contributed by atoms with Gasteiger partial charge in [0.1, 0.15) is 11.5 Å². The van der Waals surface area contributed by atoms with E-state index in [9.17, 15) is 0 Å². The minimum absolute atomic E-state index is 0.0416. The Kier molecular flexibility index (Phi) is 4.52. The van der Waals surface area contributed by atoms with Gasteiger partial charge in [0.15, 0.2) is 5.84 Å². The number of hydrogen-bond acceptors (Lipinski definition) is 3. The van der Waals surface area contributed by atoms with Gasteiger partial charge in [0.05, 0.1) is 4.47 Å². The normalized spacial score (nSPS) is 11.4. The Morgan fingerprint density at radius 1 is 1.25 bits per heavy atom. The summed E-state index contributed by atoms with van der Waals surface area (Å²) in [7, 11) is 0. The third-order valence-corrected chi connectivity index (χ3v) is 3.55. The molecule has 3 N–H and O–H groups in total. The second-order valence-corrected chi connectivity index (χ2v) is 5.43. The van der Waals surface area contributed by atoms with Crippen molar-refractivity contribution in [1.82, 2.24) is 0 Å². The molecule has 0 heterocycles. The van der Waals surface area contributed by atoms with Crippen LogP contribution in [0.15, 0.2) is 46.0 Å². The standard InChI is InChI=1S/C14H12BrClN2O2/c1-8-6-10(16)3-5-12(8)20-13-4-2-9(7-11(13)15)14(17)18-19/h2-7,19H,1H3,(H2,17,18). The van der Waals surface area contributed by atoms with E-state index in [1.165, 1.54) is 0 Å². The summed E-state index contributed by atoms with van der Waals surface area (Å²) >= 11 is 9.31. The molecule has 2 aromatic rings. The average molecular weight is 356 g/mol. The maximum absolute atomic E-state index is 8.65. The summed E-state index contributed by atoms with van der Waals surface area (Å²) in [6.45, 7) is 1.92. The van der Waals surface area contributed by atoms with Gasteiger partial charge in [-0.2, -0.15) is 0 Å². The van der Waals surface area contributed by atoms with Gasteiger partial charge in [0.2, 0.25) is 0 Å². The second-order valence-electron chi connectivity index (χ2n) is 4.14. The van der Waals surface area contributed by atoms with E-state index in [2.05, 4.69) is 21.1 Å². The van der Waals surface area contributed by atoms with E-state index >= 15 is 0 Å². The van der Waals surface area contributed by atoms with E-state index in [1.54, 1.807) is 24.3 Å². The number of halogens is 2. The van der Waals surface area contributed by atoms with E-state index < -0.39 is 0 Å². The van der Waals surface area contributed by atoms with E-state index in [0.717, 1.165) is 5.56 Å². The zero-order chi connectivity index (χ0) is 14.7. The minimum atomic E-state index is 0.0416. The van der Waals surface area contributed by atoms with Crippen molar-refractivity contribution < 1.29 is 9.94 Å². The predicted molar refractivity (Wildman–Crippen MR) is 82.9 cm³/mol. The number of hydrogen-bond donors (Lipinski definition) is 2. The molecule has 0 unspecified atom stereocenters. The highest BCUT2D eigenvalue weighted by Crippen LogP contribution is 2.32. The van der Waals surface area contributed by atoms with Gasteiger partial charge < -0.3 is 15.7 Å². The maximum Gasteiger partial charge on any atom is 0.170 e. The van der Waals surface area contributed by atoms with Crippen LogP contribution in [-0.4, -0.2) is 11.0 Å². The van der Waals surface area contributed by atoms with Crippen LogP contribution in [-0.2, 0) is 0 Å². The molecule has 0 aliphatic rings. The van der Waals surface area contributed by atoms with Crippen molar-refractivity contribution in [2.24, 2.45) is 10.9 Å². The lowest BCUT2D eigenvalue weighted by Gasteiger charge is -2.11. The van der Waals surface area contributed by atoms with Gasteiger partial charge in [-0.05, 0) is 64.8 Å². The fourth-order valence-electron chi connectivity index (χ4n) is 1.65. The van der Waals surface area contributed by atoms with E-state index in [0.29, 0.717) is 26.6 Å². The molecule has 0 radical (unpaired) electrons. The maximum atomic E-state index is 8.65. The molecule has 2 rings (SSSR count). The molecule has 0 amide bonds. The summed E-state index contributed by atoms with van der Waals surface area (Å²) in [5.41, 5.74) is 7.06. The average Bonchev–Trinajstić information content (AvgIpc) is 2.42. The number of ether oxygens (including phenoxy) is 1. The van der Waals surface area contributed by atoms with Crippen LogP contribution < -0.4 is 10.5 Å². The largest absolute Gasteiger partial charge is 0.456 e. The Balaban J connectivity index is 2.30. The molecule has 0 atom stereocenters. The molecule has 0 fully saturated rings. The highest BCUT2D eigenvalue weighted by Gasteiger charge is 2.08. The molecule has 6 heteroatoms. The van der Waals surface area contributed by atoms with Gasteiger partial charge in [0, 0.05) is 10.6 Å². The van der Waals surface area contributed by atoms with Crippen LogP contribution in [0.1, 0.15) is 11.1 Å². The molecular formula is C14H12BrClN2O2. The predicted octanol–water partition coefficient (Wildman–Crippen LogP) is 4.30. The van der Waals surface area contributed by atoms with E-state index in [-0.39, 0.29) is 5.84 Å².